The first-order valence-electron chi connectivity index (χ1n) is 32.0. The third-order valence-corrected chi connectivity index (χ3v) is 16.1. The van der Waals surface area contributed by atoms with Crippen LogP contribution in [0.5, 0.6) is 23.0 Å². The number of carbonyl (C=O) groups excluding carboxylic acids is 2. The van der Waals surface area contributed by atoms with Crippen molar-refractivity contribution < 1.29 is 117 Å². The van der Waals surface area contributed by atoms with E-state index in [4.69, 9.17) is 73.5 Å². The third-order valence-electron chi connectivity index (χ3n) is 15.6. The first-order chi connectivity index (χ1) is 49.2. The number of halogens is 4. The van der Waals surface area contributed by atoms with Crippen LogP contribution in [0.1, 0.15) is 63.9 Å². The van der Waals surface area contributed by atoms with Crippen LogP contribution in [-0.4, -0.2) is 73.5 Å². The monoisotopic (exact) mass is 1470 g/mol. The predicted molar refractivity (Wildman–Crippen MR) is 388 cm³/mol. The first-order valence-corrected chi connectivity index (χ1v) is 33.8. The maximum Gasteiger partial charge on any atom is 1.00 e. The molecule has 3 aromatic heterocycles. The molecule has 544 valence electrons. The molecule has 12 aromatic rings. The minimum Gasteiger partial charge on any atom is -0.870 e. The Morgan fingerprint density at radius 3 is 1.19 bits per heavy atom. The van der Waals surface area contributed by atoms with Crippen LogP contribution >= 0.6 is 12.4 Å². The number of aliphatic carboxylic acids is 1. The number of furan rings is 3. The number of esters is 2. The maximum absolute atomic E-state index is 15.0. The topological polar surface area (TPSA) is 349 Å². The standard InChI is InChI=1S/C26H24FNO4.C24H20FNO4.C20H20O7S.C7H9BFNO2.ClH.Li.H2O/c1-2-30-25(29)14-18-6-3-4-9-23(18)32-16-17-12-22(20-10-11-31-24(20)13-17)21-8-5-7-19(15-28)26(21)27;25-24-17(13-26)5-3-6-19(24)20-10-15(11-22-18(20)8-9-29-22)14-30-21-7-2-1-4-16(21)12-23(27)28;1-3-24-20(21)12-15-6-4-5-7-17(15)26-13-14-10-18-16(8-9-25-18)19(11-14)27-28(2,22)23;9-7-5(4-10)2-1-3-6(7)8(11)12;;;/h3-13H,2,14-16,28H2,1H3;1-11H,12-14,26H2,(H,27,28);4-11H,3,12-13H2,1-2H3;1-3,11-12H,4,10H2;1H;;1H2/q;;;;;+1;/p-1. The first kappa shape index (κ1) is 83.6. The van der Waals surface area contributed by atoms with Crippen molar-refractivity contribution in [1.82, 2.24) is 0 Å². The molecule has 0 aliphatic heterocycles. The van der Waals surface area contributed by atoms with Crippen molar-refractivity contribution in [2.24, 2.45) is 17.2 Å². The van der Waals surface area contributed by atoms with Crippen LogP contribution < -0.4 is 59.9 Å². The molecule has 0 spiro atoms. The summed E-state index contributed by atoms with van der Waals surface area (Å²) in [6.45, 7) is 4.98. The molecule has 9 aromatic carbocycles. The van der Waals surface area contributed by atoms with Crippen molar-refractivity contribution >= 4 is 85.9 Å². The van der Waals surface area contributed by atoms with Gasteiger partial charge in [0.05, 0.1) is 62.9 Å². The Labute approximate surface area is 621 Å². The third kappa shape index (κ3) is 22.6. The number of carboxylic acid groups (broad SMARTS) is 1. The summed E-state index contributed by atoms with van der Waals surface area (Å²) in [5.74, 6) is -1.10. The molecular weight excluding hydrogens is 1400 g/mol. The van der Waals surface area contributed by atoms with Crippen molar-refractivity contribution in [3.05, 3.63) is 268 Å². The Morgan fingerprint density at radius 2 is 0.810 bits per heavy atom. The summed E-state index contributed by atoms with van der Waals surface area (Å²) in [6.07, 6.45) is 5.68. The van der Waals surface area contributed by atoms with Crippen molar-refractivity contribution in [2.75, 3.05) is 19.5 Å². The molecule has 0 radical (unpaired) electrons. The summed E-state index contributed by atoms with van der Waals surface area (Å²) in [5.41, 5.74) is 25.9. The second-order valence-corrected chi connectivity index (χ2v) is 24.3. The molecule has 28 heteroatoms. The van der Waals surface area contributed by atoms with Crippen molar-refractivity contribution in [3.63, 3.8) is 0 Å². The van der Waals surface area contributed by atoms with Gasteiger partial charge in [0.15, 0.2) is 5.75 Å². The second kappa shape index (κ2) is 40.1. The van der Waals surface area contributed by atoms with Gasteiger partial charge in [0.25, 0.3) is 0 Å². The molecule has 10 N–H and O–H groups in total. The van der Waals surface area contributed by atoms with Gasteiger partial charge in [-0.15, -0.1) is 12.4 Å². The zero-order chi connectivity index (χ0) is 72.9. The van der Waals surface area contributed by atoms with Crippen LogP contribution in [0, 0.1) is 17.5 Å². The molecule has 0 aliphatic carbocycles. The quantitative estimate of drug-likeness (QED) is 0.0176. The second-order valence-electron chi connectivity index (χ2n) is 22.8. The minimum absolute atomic E-state index is 0. The molecule has 0 atom stereocenters. The van der Waals surface area contributed by atoms with E-state index < -0.39 is 29.0 Å². The van der Waals surface area contributed by atoms with Crippen LogP contribution in [0.4, 0.5) is 13.2 Å². The molecule has 0 saturated carbocycles. The number of nitrogens with two attached hydrogens (primary N) is 3. The Kier molecular flexibility index (Phi) is 31.9. The van der Waals surface area contributed by atoms with E-state index in [9.17, 15) is 31.6 Å². The molecule has 0 unspecified atom stereocenters. The van der Waals surface area contributed by atoms with Crippen LogP contribution in [0.25, 0.3) is 55.2 Å². The summed E-state index contributed by atoms with van der Waals surface area (Å²) in [4.78, 5) is 34.8. The van der Waals surface area contributed by atoms with Gasteiger partial charge in [-0.25, -0.2) is 13.2 Å². The average molecular weight is 1470 g/mol. The zero-order valence-corrected chi connectivity index (χ0v) is 59.2. The van der Waals surface area contributed by atoms with Gasteiger partial charge in [-0.05, 0) is 114 Å². The normalized spacial score (nSPS) is 10.7. The van der Waals surface area contributed by atoms with Gasteiger partial charge >= 0.3 is 54.0 Å². The van der Waals surface area contributed by atoms with Gasteiger partial charge < -0.3 is 79.0 Å². The van der Waals surface area contributed by atoms with Crippen molar-refractivity contribution in [1.29, 1.82) is 0 Å². The number of hydrogen-bond donors (Lipinski definition) is 6. The van der Waals surface area contributed by atoms with E-state index in [1.54, 1.807) is 130 Å². The minimum atomic E-state index is -3.69. The molecule has 21 nitrogen and oxygen atoms in total. The summed E-state index contributed by atoms with van der Waals surface area (Å²) in [5, 5.41) is 28.6. The molecule has 105 heavy (non-hydrogen) atoms. The Bertz CT molecular complexity index is 5020. The van der Waals surface area contributed by atoms with E-state index in [1.807, 2.05) is 60.7 Å². The molecule has 12 rings (SSSR count). The molecule has 3 heterocycles. The Hall–Kier alpha value is -10.3. The summed E-state index contributed by atoms with van der Waals surface area (Å²) in [7, 11) is -5.47. The van der Waals surface area contributed by atoms with E-state index >= 15 is 4.39 Å². The summed E-state index contributed by atoms with van der Waals surface area (Å²) < 4.78 is 116. The largest absolute Gasteiger partial charge is 1.00 e. The van der Waals surface area contributed by atoms with Crippen molar-refractivity contribution in [2.45, 2.75) is 72.6 Å². The van der Waals surface area contributed by atoms with E-state index in [0.29, 0.717) is 103 Å². The van der Waals surface area contributed by atoms with E-state index in [2.05, 4.69) is 0 Å². The van der Waals surface area contributed by atoms with E-state index in [1.165, 1.54) is 24.5 Å². The van der Waals surface area contributed by atoms with Gasteiger partial charge in [-0.1, -0.05) is 109 Å². The van der Waals surface area contributed by atoms with Gasteiger partial charge in [0.1, 0.15) is 71.3 Å². The number of rotatable bonds is 25. The summed E-state index contributed by atoms with van der Waals surface area (Å²) >= 11 is 0. The molecule has 0 bridgehead atoms. The number of para-hydroxylation sites is 3. The fourth-order valence-electron chi connectivity index (χ4n) is 10.9. The fraction of sp³-hybridized carbons (Fsp3) is 0.182. The van der Waals surface area contributed by atoms with Crippen LogP contribution in [0.2, 0.25) is 0 Å². The fourth-order valence-corrected chi connectivity index (χ4v) is 11.3. The smallest absolute Gasteiger partial charge is 0.870 e. The molecule has 0 aliphatic rings. The molecule has 0 amide bonds. The molecule has 0 fully saturated rings. The number of hydrogen-bond acceptors (Lipinski definition) is 20. The Balaban J connectivity index is 0.000000226. The SMILES string of the molecule is CCOC(=O)Cc1ccccc1OCc1cc(-c2cccc(CN)c2F)c2ccoc2c1.CCOC(=O)Cc1ccccc1OCc1cc(OS(C)(=O)=O)c2ccoc2c1.Cl.NCc1cccc(-c2cc(COc3ccccc3CC(=O)O)cc3occc23)c1F.NCc1cccc(B(O)O)c1F.[Li+].[OH-]. The van der Waals surface area contributed by atoms with E-state index in [-0.39, 0.29) is 136 Å². The maximum atomic E-state index is 15.0. The van der Waals surface area contributed by atoms with Crippen LogP contribution in [-0.2, 0) is 92.7 Å². The number of ether oxygens (including phenoxy) is 5. The van der Waals surface area contributed by atoms with Gasteiger partial charge in [0, 0.05) is 80.4 Å². The van der Waals surface area contributed by atoms with Gasteiger partial charge in [0.2, 0.25) is 0 Å². The average Bonchev–Trinajstić information content (AvgIpc) is 1.78. The molecule has 0 saturated heterocycles. The molecular formula is C77H75BClF3LiN3O18S. The number of benzene rings is 9. The number of fused-ring (bicyclic) bond motifs is 3. The number of carboxylic acids is 1. The zero-order valence-electron chi connectivity index (χ0n) is 57.6. The number of carbonyl (C=O) groups is 3. The predicted octanol–water partition coefficient (Wildman–Crippen LogP) is 9.95. The van der Waals surface area contributed by atoms with Gasteiger partial charge in [-0.2, -0.15) is 8.42 Å². The van der Waals surface area contributed by atoms with Gasteiger partial charge in [-0.3, -0.25) is 14.4 Å². The Morgan fingerprint density at radius 1 is 0.457 bits per heavy atom. The van der Waals surface area contributed by atoms with E-state index in [0.717, 1.165) is 33.7 Å². The van der Waals surface area contributed by atoms with Crippen molar-refractivity contribution in [3.8, 4) is 45.3 Å². The summed E-state index contributed by atoms with van der Waals surface area (Å²) in [6, 6.07) is 52.3. The van der Waals surface area contributed by atoms with Crippen LogP contribution in [0.15, 0.2) is 214 Å². The van der Waals surface area contributed by atoms with Crippen LogP contribution in [0.3, 0.4) is 0 Å².